The van der Waals surface area contributed by atoms with E-state index < -0.39 is 5.97 Å². The minimum absolute atomic E-state index is 0.252. The number of halogens is 1. The van der Waals surface area contributed by atoms with Crippen LogP contribution in [-0.4, -0.2) is 20.9 Å². The van der Waals surface area contributed by atoms with E-state index in [1.165, 1.54) is 0 Å². The van der Waals surface area contributed by atoms with Gasteiger partial charge in [0, 0.05) is 12.6 Å². The molecule has 2 rings (SSSR count). The number of carboxylic acid groups (broad SMARTS) is 1. The Morgan fingerprint density at radius 2 is 2.00 bits per heavy atom. The Kier molecular flexibility index (Phi) is 2.66. The first-order valence-electron chi connectivity index (χ1n) is 4.61. The van der Waals surface area contributed by atoms with Crippen LogP contribution < -0.4 is 0 Å². The van der Waals surface area contributed by atoms with E-state index in [1.807, 2.05) is 0 Å². The Morgan fingerprint density at radius 3 is 2.44 bits per heavy atom. The van der Waals surface area contributed by atoms with Crippen LogP contribution in [0.1, 0.15) is 10.4 Å². The number of aromatic nitrogens is 2. The van der Waals surface area contributed by atoms with Crippen molar-refractivity contribution in [2.24, 2.45) is 7.05 Å². The van der Waals surface area contributed by atoms with E-state index in [-0.39, 0.29) is 5.56 Å². The molecule has 0 saturated heterocycles. The molecule has 82 valence electrons. The van der Waals surface area contributed by atoms with E-state index in [0.29, 0.717) is 5.02 Å². The van der Waals surface area contributed by atoms with Gasteiger partial charge in [-0.2, -0.15) is 5.10 Å². The number of aromatic carboxylic acids is 1. The fourth-order valence-electron chi connectivity index (χ4n) is 1.51. The van der Waals surface area contributed by atoms with Crippen molar-refractivity contribution in [2.45, 2.75) is 0 Å². The fourth-order valence-corrected chi connectivity index (χ4v) is 1.78. The smallest absolute Gasteiger partial charge is 0.335 e. The zero-order valence-corrected chi connectivity index (χ0v) is 9.27. The molecule has 0 aliphatic rings. The van der Waals surface area contributed by atoms with Crippen LogP contribution in [0.2, 0.25) is 5.02 Å². The van der Waals surface area contributed by atoms with Crippen molar-refractivity contribution in [3.63, 3.8) is 0 Å². The van der Waals surface area contributed by atoms with Crippen molar-refractivity contribution in [1.82, 2.24) is 9.78 Å². The van der Waals surface area contributed by atoms with Gasteiger partial charge in [0.05, 0.1) is 22.5 Å². The van der Waals surface area contributed by atoms with Crippen molar-refractivity contribution in [3.8, 4) is 11.3 Å². The van der Waals surface area contributed by atoms with Crippen molar-refractivity contribution >= 4 is 17.6 Å². The lowest BCUT2D eigenvalue weighted by Crippen LogP contribution is -1.97. The largest absolute Gasteiger partial charge is 0.478 e. The summed E-state index contributed by atoms with van der Waals surface area (Å²) in [6, 6.07) is 6.51. The summed E-state index contributed by atoms with van der Waals surface area (Å²) in [6.45, 7) is 0. The number of carbonyl (C=O) groups is 1. The van der Waals surface area contributed by atoms with Gasteiger partial charge < -0.3 is 5.11 Å². The summed E-state index contributed by atoms with van der Waals surface area (Å²) in [5, 5.41) is 13.3. The van der Waals surface area contributed by atoms with E-state index in [0.717, 1.165) is 11.3 Å². The second kappa shape index (κ2) is 3.98. The number of hydrogen-bond acceptors (Lipinski definition) is 2. The van der Waals surface area contributed by atoms with Gasteiger partial charge in [0.15, 0.2) is 0 Å². The predicted octanol–water partition coefficient (Wildman–Crippen LogP) is 2.44. The van der Waals surface area contributed by atoms with Gasteiger partial charge in [-0.1, -0.05) is 23.7 Å². The van der Waals surface area contributed by atoms with E-state index >= 15 is 0 Å². The average molecular weight is 237 g/mol. The maximum Gasteiger partial charge on any atom is 0.335 e. The summed E-state index contributed by atoms with van der Waals surface area (Å²) < 4.78 is 1.65. The molecule has 0 saturated carbocycles. The average Bonchev–Trinajstić information content (AvgIpc) is 2.59. The summed E-state index contributed by atoms with van der Waals surface area (Å²) in [6.07, 6.45) is 1.56. The van der Waals surface area contributed by atoms with Gasteiger partial charge in [-0.25, -0.2) is 4.79 Å². The topological polar surface area (TPSA) is 55.1 Å². The summed E-state index contributed by atoms with van der Waals surface area (Å²) in [7, 11) is 1.78. The zero-order valence-electron chi connectivity index (χ0n) is 8.51. The molecule has 0 aliphatic carbocycles. The lowest BCUT2D eigenvalue weighted by atomic mass is 10.1. The highest BCUT2D eigenvalue weighted by atomic mass is 35.5. The van der Waals surface area contributed by atoms with E-state index in [1.54, 1.807) is 42.2 Å². The molecule has 4 nitrogen and oxygen atoms in total. The molecule has 0 unspecified atom stereocenters. The first-order chi connectivity index (χ1) is 7.59. The fraction of sp³-hybridized carbons (Fsp3) is 0.0909. The monoisotopic (exact) mass is 236 g/mol. The Hall–Kier alpha value is -1.81. The normalized spacial score (nSPS) is 10.4. The standard InChI is InChI=1S/C11H9ClN2O2/c1-14-10(9(12)6-13-14)7-2-4-8(5-3-7)11(15)16/h2-6H,1H3,(H,15,16). The lowest BCUT2D eigenvalue weighted by Gasteiger charge is -2.03. The second-order valence-electron chi connectivity index (χ2n) is 3.35. The molecule has 1 aromatic carbocycles. The van der Waals surface area contributed by atoms with E-state index in [9.17, 15) is 4.79 Å². The third-order valence-electron chi connectivity index (χ3n) is 2.30. The minimum atomic E-state index is -0.942. The number of carboxylic acids is 1. The molecule has 0 atom stereocenters. The number of hydrogen-bond donors (Lipinski definition) is 1. The van der Waals surface area contributed by atoms with Gasteiger partial charge >= 0.3 is 5.97 Å². The van der Waals surface area contributed by atoms with Gasteiger partial charge in [0.25, 0.3) is 0 Å². The maximum atomic E-state index is 10.7. The highest BCUT2D eigenvalue weighted by molar-refractivity contribution is 6.33. The van der Waals surface area contributed by atoms with Crippen LogP contribution in [0.15, 0.2) is 30.5 Å². The molecule has 5 heteroatoms. The highest BCUT2D eigenvalue weighted by Crippen LogP contribution is 2.26. The number of benzene rings is 1. The van der Waals surface area contributed by atoms with Crippen LogP contribution >= 0.6 is 11.6 Å². The number of aryl methyl sites for hydroxylation is 1. The molecule has 0 amide bonds. The van der Waals surface area contributed by atoms with Gasteiger partial charge in [0.1, 0.15) is 0 Å². The van der Waals surface area contributed by atoms with Crippen molar-refractivity contribution in [1.29, 1.82) is 0 Å². The van der Waals surface area contributed by atoms with E-state index in [4.69, 9.17) is 16.7 Å². The first kappa shape index (κ1) is 10.7. The minimum Gasteiger partial charge on any atom is -0.478 e. The van der Waals surface area contributed by atoms with Crippen molar-refractivity contribution < 1.29 is 9.90 Å². The van der Waals surface area contributed by atoms with Crippen molar-refractivity contribution in [3.05, 3.63) is 41.0 Å². The van der Waals surface area contributed by atoms with Crippen LogP contribution in [0, 0.1) is 0 Å². The third-order valence-corrected chi connectivity index (χ3v) is 2.58. The molecule has 0 spiro atoms. The SMILES string of the molecule is Cn1ncc(Cl)c1-c1ccc(C(=O)O)cc1. The Labute approximate surface area is 97.1 Å². The lowest BCUT2D eigenvalue weighted by molar-refractivity contribution is 0.0697. The van der Waals surface area contributed by atoms with Gasteiger partial charge in [-0.05, 0) is 12.1 Å². The molecule has 1 N–H and O–H groups in total. The summed E-state index contributed by atoms with van der Waals surface area (Å²) >= 11 is 5.98. The summed E-state index contributed by atoms with van der Waals surface area (Å²) in [5.41, 5.74) is 1.87. The molecule has 2 aromatic rings. The Morgan fingerprint density at radius 1 is 1.38 bits per heavy atom. The summed E-state index contributed by atoms with van der Waals surface area (Å²) in [5.74, 6) is -0.942. The number of nitrogens with zero attached hydrogens (tertiary/aromatic N) is 2. The third kappa shape index (κ3) is 1.79. The van der Waals surface area contributed by atoms with Crippen LogP contribution in [0.3, 0.4) is 0 Å². The zero-order chi connectivity index (χ0) is 11.7. The predicted molar refractivity (Wildman–Crippen MR) is 60.6 cm³/mol. The van der Waals surface area contributed by atoms with Crippen LogP contribution in [-0.2, 0) is 7.05 Å². The van der Waals surface area contributed by atoms with Crippen LogP contribution in [0.5, 0.6) is 0 Å². The Balaban J connectivity index is 2.46. The van der Waals surface area contributed by atoms with Gasteiger partial charge in [-0.15, -0.1) is 0 Å². The quantitative estimate of drug-likeness (QED) is 0.871. The molecule has 0 bridgehead atoms. The molecule has 16 heavy (non-hydrogen) atoms. The second-order valence-corrected chi connectivity index (χ2v) is 3.75. The number of rotatable bonds is 2. The maximum absolute atomic E-state index is 10.7. The summed E-state index contributed by atoms with van der Waals surface area (Å²) in [4.78, 5) is 10.7. The molecular weight excluding hydrogens is 228 g/mol. The Bertz CT molecular complexity index is 512. The van der Waals surface area contributed by atoms with Crippen LogP contribution in [0.4, 0.5) is 0 Å². The highest BCUT2D eigenvalue weighted by Gasteiger charge is 2.09. The van der Waals surface area contributed by atoms with Gasteiger partial charge in [0.2, 0.25) is 0 Å². The van der Waals surface area contributed by atoms with Crippen LogP contribution in [0.25, 0.3) is 11.3 Å². The molecule has 0 fully saturated rings. The first-order valence-corrected chi connectivity index (χ1v) is 4.98. The van der Waals surface area contributed by atoms with Crippen molar-refractivity contribution in [2.75, 3.05) is 0 Å². The molecule has 0 aliphatic heterocycles. The van der Waals surface area contributed by atoms with Gasteiger partial charge in [-0.3, -0.25) is 4.68 Å². The molecule has 1 heterocycles. The molecule has 1 aromatic heterocycles. The van der Waals surface area contributed by atoms with E-state index in [2.05, 4.69) is 5.10 Å². The molecule has 0 radical (unpaired) electrons. The molecular formula is C11H9ClN2O2.